The molecule has 0 saturated carbocycles. The number of hydrogen-bond donors (Lipinski definition) is 1. The maximum absolute atomic E-state index is 10.4. The maximum Gasteiger partial charge on any atom is 0.309 e. The highest BCUT2D eigenvalue weighted by atomic mass is 16.5. The predicted octanol–water partition coefficient (Wildman–Crippen LogP) is 0.643. The summed E-state index contributed by atoms with van der Waals surface area (Å²) in [6.45, 7) is 3.15. The van der Waals surface area contributed by atoms with Crippen LogP contribution in [0, 0.1) is 6.92 Å². The Hall–Kier alpha value is -1.32. The van der Waals surface area contributed by atoms with E-state index in [1.165, 1.54) is 6.92 Å². The van der Waals surface area contributed by atoms with Crippen molar-refractivity contribution in [3.05, 3.63) is 11.8 Å². The van der Waals surface area contributed by atoms with Gasteiger partial charge < -0.3 is 4.74 Å². The van der Waals surface area contributed by atoms with E-state index in [4.69, 9.17) is 0 Å². The lowest BCUT2D eigenvalue weighted by Gasteiger charge is -1.91. The molecule has 0 aliphatic heterocycles. The average Bonchev–Trinajstić information content (AvgIpc) is 2.13. The Kier molecular flexibility index (Phi) is 1.71. The lowest BCUT2D eigenvalue weighted by molar-refractivity contribution is -0.132. The lowest BCUT2D eigenvalue weighted by Crippen LogP contribution is -2.01. The molecular weight excluding hydrogens is 132 g/mol. The van der Waals surface area contributed by atoms with Crippen LogP contribution < -0.4 is 4.74 Å². The minimum atomic E-state index is -0.344. The van der Waals surface area contributed by atoms with Gasteiger partial charge in [0.05, 0.1) is 5.69 Å². The molecule has 0 radical (unpaired) electrons. The highest BCUT2D eigenvalue weighted by molar-refractivity contribution is 5.68. The zero-order valence-electron chi connectivity index (χ0n) is 5.84. The van der Waals surface area contributed by atoms with Gasteiger partial charge in [-0.1, -0.05) is 0 Å². The summed E-state index contributed by atoms with van der Waals surface area (Å²) in [6, 6.07) is 1.65. The van der Waals surface area contributed by atoms with Crippen LogP contribution in [-0.2, 0) is 4.79 Å². The van der Waals surface area contributed by atoms with Crippen molar-refractivity contribution in [3.63, 3.8) is 0 Å². The summed E-state index contributed by atoms with van der Waals surface area (Å²) in [5, 5.41) is 6.31. The fraction of sp³-hybridized carbons (Fsp3) is 0.333. The topological polar surface area (TPSA) is 55.0 Å². The van der Waals surface area contributed by atoms with Crippen LogP contribution in [0.3, 0.4) is 0 Å². The van der Waals surface area contributed by atoms with E-state index in [2.05, 4.69) is 14.9 Å². The van der Waals surface area contributed by atoms with Crippen LogP contribution in [0.5, 0.6) is 5.88 Å². The van der Waals surface area contributed by atoms with Crippen molar-refractivity contribution >= 4 is 5.97 Å². The van der Waals surface area contributed by atoms with Gasteiger partial charge in [-0.15, -0.1) is 0 Å². The first-order valence-electron chi connectivity index (χ1n) is 2.89. The molecule has 1 N–H and O–H groups in total. The van der Waals surface area contributed by atoms with Crippen molar-refractivity contribution in [1.29, 1.82) is 0 Å². The van der Waals surface area contributed by atoms with E-state index in [0.717, 1.165) is 5.69 Å². The first-order valence-corrected chi connectivity index (χ1v) is 2.89. The Morgan fingerprint density at radius 1 is 1.80 bits per heavy atom. The minimum absolute atomic E-state index is 0.344. The molecule has 0 amide bonds. The Bertz CT molecular complexity index is 242. The monoisotopic (exact) mass is 140 g/mol. The number of ether oxygens (including phenoxy) is 1. The summed E-state index contributed by atoms with van der Waals surface area (Å²) in [7, 11) is 0. The molecule has 0 fully saturated rings. The number of aromatic nitrogens is 2. The van der Waals surface area contributed by atoms with E-state index >= 15 is 0 Å². The molecule has 1 aromatic heterocycles. The largest absolute Gasteiger partial charge is 0.408 e. The highest BCUT2D eigenvalue weighted by Gasteiger charge is 1.98. The third kappa shape index (κ3) is 1.58. The molecule has 0 aliphatic rings. The van der Waals surface area contributed by atoms with Gasteiger partial charge in [-0.05, 0) is 6.92 Å². The van der Waals surface area contributed by atoms with Crippen molar-refractivity contribution < 1.29 is 9.53 Å². The fourth-order valence-corrected chi connectivity index (χ4v) is 0.605. The second-order valence-electron chi connectivity index (χ2n) is 1.97. The summed E-state index contributed by atoms with van der Waals surface area (Å²) >= 11 is 0. The van der Waals surface area contributed by atoms with Gasteiger partial charge in [0.2, 0.25) is 5.88 Å². The quantitative estimate of drug-likeness (QED) is 0.582. The molecule has 4 heteroatoms. The number of rotatable bonds is 1. The van der Waals surface area contributed by atoms with Gasteiger partial charge in [-0.25, -0.2) is 5.10 Å². The third-order valence-corrected chi connectivity index (χ3v) is 0.936. The van der Waals surface area contributed by atoms with E-state index < -0.39 is 0 Å². The first-order chi connectivity index (χ1) is 4.68. The molecule has 0 bridgehead atoms. The molecule has 0 saturated heterocycles. The SMILES string of the molecule is CC(=O)Oc1cc(C)n[nH]1. The third-order valence-electron chi connectivity index (χ3n) is 0.936. The highest BCUT2D eigenvalue weighted by Crippen LogP contribution is 2.05. The van der Waals surface area contributed by atoms with Gasteiger partial charge >= 0.3 is 5.97 Å². The molecule has 1 aromatic rings. The van der Waals surface area contributed by atoms with Gasteiger partial charge in [-0.3, -0.25) is 4.79 Å². The average molecular weight is 140 g/mol. The molecule has 4 nitrogen and oxygen atoms in total. The van der Waals surface area contributed by atoms with E-state index in [9.17, 15) is 4.79 Å². The van der Waals surface area contributed by atoms with Crippen molar-refractivity contribution in [2.45, 2.75) is 13.8 Å². The first kappa shape index (κ1) is 6.80. The number of nitrogens with one attached hydrogen (secondary N) is 1. The predicted molar refractivity (Wildman–Crippen MR) is 34.6 cm³/mol. The molecule has 0 aliphatic carbocycles. The number of nitrogens with zero attached hydrogens (tertiary/aromatic N) is 1. The van der Waals surface area contributed by atoms with Gasteiger partial charge in [0.1, 0.15) is 0 Å². The summed E-state index contributed by atoms with van der Waals surface area (Å²) < 4.78 is 4.68. The van der Waals surface area contributed by atoms with Crippen LogP contribution in [-0.4, -0.2) is 16.2 Å². The number of carbonyl (C=O) groups excluding carboxylic acids is 1. The second kappa shape index (κ2) is 2.51. The maximum atomic E-state index is 10.4. The van der Waals surface area contributed by atoms with Crippen LogP contribution >= 0.6 is 0 Å². The van der Waals surface area contributed by atoms with E-state index in [-0.39, 0.29) is 5.97 Å². The Morgan fingerprint density at radius 2 is 2.50 bits per heavy atom. The Balaban J connectivity index is 2.67. The number of H-pyrrole nitrogens is 1. The van der Waals surface area contributed by atoms with E-state index in [1.807, 2.05) is 6.92 Å². The minimum Gasteiger partial charge on any atom is -0.408 e. The van der Waals surface area contributed by atoms with Crippen molar-refractivity contribution in [1.82, 2.24) is 10.2 Å². The molecule has 10 heavy (non-hydrogen) atoms. The van der Waals surface area contributed by atoms with Gasteiger partial charge in [0, 0.05) is 13.0 Å². The van der Waals surface area contributed by atoms with Crippen molar-refractivity contribution in [2.24, 2.45) is 0 Å². The van der Waals surface area contributed by atoms with Crippen LogP contribution in [0.1, 0.15) is 12.6 Å². The zero-order chi connectivity index (χ0) is 7.56. The zero-order valence-corrected chi connectivity index (χ0v) is 5.84. The number of aryl methyl sites for hydroxylation is 1. The molecule has 0 spiro atoms. The van der Waals surface area contributed by atoms with Crippen LogP contribution in [0.25, 0.3) is 0 Å². The molecule has 0 atom stereocenters. The number of carbonyl (C=O) groups is 1. The summed E-state index contributed by atoms with van der Waals surface area (Å²) in [5.74, 6) is 0.0497. The Labute approximate surface area is 58.2 Å². The fourth-order valence-electron chi connectivity index (χ4n) is 0.605. The molecule has 1 rings (SSSR count). The normalized spacial score (nSPS) is 9.40. The van der Waals surface area contributed by atoms with Crippen LogP contribution in [0.2, 0.25) is 0 Å². The van der Waals surface area contributed by atoms with E-state index in [0.29, 0.717) is 5.88 Å². The summed E-state index contributed by atoms with van der Waals surface area (Å²) in [5.41, 5.74) is 0.802. The lowest BCUT2D eigenvalue weighted by atomic mass is 10.5. The number of esters is 1. The van der Waals surface area contributed by atoms with Gasteiger partial charge in [0.15, 0.2) is 0 Å². The molecule has 1 heterocycles. The van der Waals surface area contributed by atoms with Crippen LogP contribution in [0.15, 0.2) is 6.07 Å². The Morgan fingerprint density at radius 3 is 2.90 bits per heavy atom. The standard InChI is InChI=1S/C6H8N2O2/c1-4-3-6(8-7-4)10-5(2)9/h3H,1-2H3,(H,7,8). The van der Waals surface area contributed by atoms with Crippen LogP contribution in [0.4, 0.5) is 0 Å². The van der Waals surface area contributed by atoms with E-state index in [1.54, 1.807) is 6.07 Å². The molecular formula is C6H8N2O2. The summed E-state index contributed by atoms with van der Waals surface area (Å²) in [6.07, 6.45) is 0. The van der Waals surface area contributed by atoms with Crippen molar-refractivity contribution in [2.75, 3.05) is 0 Å². The smallest absolute Gasteiger partial charge is 0.309 e. The number of aromatic amines is 1. The van der Waals surface area contributed by atoms with Gasteiger partial charge in [-0.2, -0.15) is 5.10 Å². The molecule has 0 aromatic carbocycles. The summed E-state index contributed by atoms with van der Waals surface area (Å²) in [4.78, 5) is 10.4. The molecule has 54 valence electrons. The second-order valence-corrected chi connectivity index (χ2v) is 1.97. The van der Waals surface area contributed by atoms with Gasteiger partial charge in [0.25, 0.3) is 0 Å². The number of hydrogen-bond acceptors (Lipinski definition) is 3. The van der Waals surface area contributed by atoms with Crippen molar-refractivity contribution in [3.8, 4) is 5.88 Å². The molecule has 0 unspecified atom stereocenters.